The summed E-state index contributed by atoms with van der Waals surface area (Å²) >= 11 is 0. The van der Waals surface area contributed by atoms with E-state index in [2.05, 4.69) is 30.7 Å². The number of carbonyl (C=O) groups is 1. The summed E-state index contributed by atoms with van der Waals surface area (Å²) in [6.07, 6.45) is 0.508. The van der Waals surface area contributed by atoms with Crippen molar-refractivity contribution in [3.63, 3.8) is 0 Å². The number of benzene rings is 1. The number of esters is 1. The van der Waals surface area contributed by atoms with Gasteiger partial charge in [-0.3, -0.25) is 9.69 Å². The minimum Gasteiger partial charge on any atom is -0.458 e. The fourth-order valence-electron chi connectivity index (χ4n) is 3.35. The van der Waals surface area contributed by atoms with Gasteiger partial charge in [-0.1, -0.05) is 51.1 Å². The third-order valence-electron chi connectivity index (χ3n) is 4.99. The van der Waals surface area contributed by atoms with Gasteiger partial charge >= 0.3 is 5.97 Å². The largest absolute Gasteiger partial charge is 0.458 e. The number of piperazine rings is 1. The Morgan fingerprint density at radius 2 is 1.74 bits per heavy atom. The summed E-state index contributed by atoms with van der Waals surface area (Å²) in [7, 11) is 2.15. The molecule has 1 aromatic carbocycles. The summed E-state index contributed by atoms with van der Waals surface area (Å²) in [4.78, 5) is 17.6. The first kappa shape index (κ1) is 21.9. The van der Waals surface area contributed by atoms with Crippen molar-refractivity contribution in [3.8, 4) is 0 Å². The smallest absolute Gasteiger partial charge is 0.313 e. The molecule has 5 nitrogen and oxygen atoms in total. The normalized spacial score (nSPS) is 18.4. The zero-order chi connectivity index (χ0) is 19.6. The second-order valence-electron chi connectivity index (χ2n) is 7.97. The van der Waals surface area contributed by atoms with E-state index in [-0.39, 0.29) is 18.0 Å². The average molecular weight is 377 g/mol. The Kier molecular flexibility index (Phi) is 9.25. The molecule has 0 amide bonds. The van der Waals surface area contributed by atoms with Crippen molar-refractivity contribution < 1.29 is 14.3 Å². The van der Waals surface area contributed by atoms with E-state index in [1.807, 2.05) is 37.3 Å². The van der Waals surface area contributed by atoms with Crippen molar-refractivity contribution in [2.75, 3.05) is 53.0 Å². The van der Waals surface area contributed by atoms with Crippen LogP contribution in [0.25, 0.3) is 0 Å². The highest BCUT2D eigenvalue weighted by Gasteiger charge is 2.26. The van der Waals surface area contributed by atoms with Gasteiger partial charge in [0.1, 0.15) is 6.10 Å². The number of hydrogen-bond donors (Lipinski definition) is 0. The molecule has 0 N–H and O–H groups in total. The third kappa shape index (κ3) is 7.60. The summed E-state index contributed by atoms with van der Waals surface area (Å²) in [5.74, 6) is 0.111. The topological polar surface area (TPSA) is 42.0 Å². The van der Waals surface area contributed by atoms with Gasteiger partial charge in [0.2, 0.25) is 0 Å². The van der Waals surface area contributed by atoms with Crippen LogP contribution in [0.1, 0.15) is 38.7 Å². The molecule has 1 aromatic rings. The lowest BCUT2D eigenvalue weighted by Gasteiger charge is -2.34. The summed E-state index contributed by atoms with van der Waals surface area (Å²) in [5.41, 5.74) is 1.02. The van der Waals surface area contributed by atoms with Crippen molar-refractivity contribution in [2.24, 2.45) is 5.92 Å². The minimum atomic E-state index is -0.225. The SMILES string of the molecule is CC[C@@H](C(=O)O[C@@H](COCC(C)C)CN1CCN(C)CC1)c1ccccc1. The minimum absolute atomic E-state index is 0.143. The van der Waals surface area contributed by atoms with Crippen LogP contribution in [-0.2, 0) is 14.3 Å². The molecule has 1 aliphatic rings. The molecular formula is C22H36N2O3. The maximum atomic E-state index is 12.9. The molecule has 152 valence electrons. The van der Waals surface area contributed by atoms with Crippen LogP contribution in [0.4, 0.5) is 0 Å². The maximum absolute atomic E-state index is 12.9. The fourth-order valence-corrected chi connectivity index (χ4v) is 3.35. The Morgan fingerprint density at radius 3 is 2.33 bits per heavy atom. The van der Waals surface area contributed by atoms with E-state index in [9.17, 15) is 4.79 Å². The Bertz CT molecular complexity index is 542. The van der Waals surface area contributed by atoms with Crippen LogP contribution in [0.15, 0.2) is 30.3 Å². The predicted molar refractivity (Wildman–Crippen MR) is 109 cm³/mol. The molecule has 1 saturated heterocycles. The third-order valence-corrected chi connectivity index (χ3v) is 4.99. The molecule has 1 aliphatic heterocycles. The predicted octanol–water partition coefficient (Wildman–Crippen LogP) is 3.01. The molecule has 5 heteroatoms. The fraction of sp³-hybridized carbons (Fsp3) is 0.682. The maximum Gasteiger partial charge on any atom is 0.313 e. The van der Waals surface area contributed by atoms with Crippen LogP contribution in [0.3, 0.4) is 0 Å². The number of hydrogen-bond acceptors (Lipinski definition) is 5. The molecule has 2 atom stereocenters. The molecule has 0 radical (unpaired) electrons. The van der Waals surface area contributed by atoms with Gasteiger partial charge in [0.15, 0.2) is 0 Å². The average Bonchev–Trinajstić information content (AvgIpc) is 2.64. The monoisotopic (exact) mass is 376 g/mol. The second-order valence-corrected chi connectivity index (χ2v) is 7.97. The van der Waals surface area contributed by atoms with Crippen LogP contribution in [0, 0.1) is 5.92 Å². The zero-order valence-electron chi connectivity index (χ0n) is 17.4. The molecule has 0 aliphatic carbocycles. The molecular weight excluding hydrogens is 340 g/mol. The molecule has 27 heavy (non-hydrogen) atoms. The Morgan fingerprint density at radius 1 is 1.07 bits per heavy atom. The van der Waals surface area contributed by atoms with Crippen LogP contribution >= 0.6 is 0 Å². The second kappa shape index (κ2) is 11.4. The van der Waals surface area contributed by atoms with E-state index < -0.39 is 0 Å². The molecule has 0 spiro atoms. The first-order valence-corrected chi connectivity index (χ1v) is 10.2. The van der Waals surface area contributed by atoms with Gasteiger partial charge in [-0.15, -0.1) is 0 Å². The van der Waals surface area contributed by atoms with Crippen molar-refractivity contribution in [2.45, 2.75) is 39.2 Å². The highest BCUT2D eigenvalue weighted by Crippen LogP contribution is 2.22. The quantitative estimate of drug-likeness (QED) is 0.587. The first-order valence-electron chi connectivity index (χ1n) is 10.2. The lowest BCUT2D eigenvalue weighted by molar-refractivity contribution is -0.155. The van der Waals surface area contributed by atoms with E-state index in [1.54, 1.807) is 0 Å². The van der Waals surface area contributed by atoms with Gasteiger partial charge in [-0.2, -0.15) is 0 Å². The number of carbonyl (C=O) groups excluding carboxylic acids is 1. The van der Waals surface area contributed by atoms with Crippen LogP contribution in [-0.4, -0.2) is 74.9 Å². The van der Waals surface area contributed by atoms with Crippen molar-refractivity contribution in [1.82, 2.24) is 9.80 Å². The van der Waals surface area contributed by atoms with Gasteiger partial charge in [-0.25, -0.2) is 0 Å². The molecule has 0 saturated carbocycles. The summed E-state index contributed by atoms with van der Waals surface area (Å²) in [5, 5.41) is 0. The summed E-state index contributed by atoms with van der Waals surface area (Å²) in [6.45, 7) is 12.3. The van der Waals surface area contributed by atoms with Gasteiger partial charge in [0.05, 0.1) is 12.5 Å². The molecule has 0 bridgehead atoms. The Labute approximate surface area is 164 Å². The van der Waals surface area contributed by atoms with Crippen LogP contribution in [0.2, 0.25) is 0 Å². The summed E-state index contributed by atoms with van der Waals surface area (Å²) in [6, 6.07) is 9.91. The molecule has 0 aromatic heterocycles. The molecule has 2 rings (SSSR count). The van der Waals surface area contributed by atoms with Crippen molar-refractivity contribution >= 4 is 5.97 Å². The number of nitrogens with zero attached hydrogens (tertiary/aromatic N) is 2. The first-order chi connectivity index (χ1) is 13.0. The van der Waals surface area contributed by atoms with Gasteiger partial charge in [0, 0.05) is 39.3 Å². The van der Waals surface area contributed by atoms with E-state index in [4.69, 9.17) is 9.47 Å². The summed E-state index contributed by atoms with van der Waals surface area (Å²) < 4.78 is 11.8. The van der Waals surface area contributed by atoms with Crippen LogP contribution < -0.4 is 0 Å². The van der Waals surface area contributed by atoms with E-state index in [0.717, 1.165) is 44.7 Å². The zero-order valence-corrected chi connectivity index (χ0v) is 17.4. The molecule has 0 unspecified atom stereocenters. The van der Waals surface area contributed by atoms with Gasteiger partial charge in [0.25, 0.3) is 0 Å². The van der Waals surface area contributed by atoms with E-state index >= 15 is 0 Å². The lowest BCUT2D eigenvalue weighted by Crippen LogP contribution is -2.48. The Hall–Kier alpha value is -1.43. The van der Waals surface area contributed by atoms with Gasteiger partial charge < -0.3 is 14.4 Å². The van der Waals surface area contributed by atoms with Crippen molar-refractivity contribution in [3.05, 3.63) is 35.9 Å². The number of likely N-dealkylation sites (N-methyl/N-ethyl adjacent to an activating group) is 1. The standard InChI is InChI=1S/C22H36N2O3/c1-5-21(19-9-7-6-8-10-19)22(25)27-20(17-26-16-18(2)3)15-24-13-11-23(4)12-14-24/h6-10,18,20-21H,5,11-17H2,1-4H3/t20-,21-/m1/s1. The van der Waals surface area contributed by atoms with E-state index in [1.165, 1.54) is 0 Å². The number of rotatable bonds is 10. The highest BCUT2D eigenvalue weighted by molar-refractivity contribution is 5.78. The van der Waals surface area contributed by atoms with E-state index in [0.29, 0.717) is 19.1 Å². The Balaban J connectivity index is 1.97. The highest BCUT2D eigenvalue weighted by atomic mass is 16.6. The molecule has 1 fully saturated rings. The number of ether oxygens (including phenoxy) is 2. The molecule has 1 heterocycles. The lowest BCUT2D eigenvalue weighted by atomic mass is 9.97. The van der Waals surface area contributed by atoms with Crippen molar-refractivity contribution in [1.29, 1.82) is 0 Å². The van der Waals surface area contributed by atoms with Gasteiger partial charge in [-0.05, 0) is 24.9 Å². The van der Waals surface area contributed by atoms with Crippen LogP contribution in [0.5, 0.6) is 0 Å².